The summed E-state index contributed by atoms with van der Waals surface area (Å²) >= 11 is 0. The molecule has 0 saturated carbocycles. The Balaban J connectivity index is 2.00. The minimum atomic E-state index is -0.288. The summed E-state index contributed by atoms with van der Waals surface area (Å²) in [6.45, 7) is 5.52. The first-order valence-corrected chi connectivity index (χ1v) is 7.14. The van der Waals surface area contributed by atoms with Gasteiger partial charge < -0.3 is 20.9 Å². The van der Waals surface area contributed by atoms with Crippen LogP contribution in [0.1, 0.15) is 12.5 Å². The van der Waals surface area contributed by atoms with Gasteiger partial charge in [-0.05, 0) is 31.5 Å². The zero-order chi connectivity index (χ0) is 15.4. The van der Waals surface area contributed by atoms with Crippen molar-refractivity contribution in [3.63, 3.8) is 0 Å². The second-order valence-corrected chi connectivity index (χ2v) is 5.41. The van der Waals surface area contributed by atoms with Crippen molar-refractivity contribution < 1.29 is 14.6 Å². The van der Waals surface area contributed by atoms with Gasteiger partial charge in [-0.2, -0.15) is 0 Å². The molecule has 6 nitrogen and oxygen atoms in total. The maximum absolute atomic E-state index is 12.4. The molecule has 1 aliphatic rings. The summed E-state index contributed by atoms with van der Waals surface area (Å²) in [5.41, 5.74) is 8.08. The lowest BCUT2D eigenvalue weighted by molar-refractivity contribution is -0.125. The minimum absolute atomic E-state index is 0.0286. The molecule has 21 heavy (non-hydrogen) atoms. The van der Waals surface area contributed by atoms with Crippen molar-refractivity contribution in [3.8, 4) is 0 Å². The Bertz CT molecular complexity index is 507. The van der Waals surface area contributed by atoms with E-state index in [0.29, 0.717) is 25.4 Å². The van der Waals surface area contributed by atoms with Crippen LogP contribution in [-0.4, -0.2) is 54.4 Å². The van der Waals surface area contributed by atoms with E-state index in [0.717, 1.165) is 11.3 Å². The Morgan fingerprint density at radius 2 is 2.38 bits per heavy atom. The molecule has 0 aromatic heterocycles. The van der Waals surface area contributed by atoms with Gasteiger partial charge in [-0.3, -0.25) is 9.69 Å². The number of benzene rings is 1. The lowest BCUT2D eigenvalue weighted by Crippen LogP contribution is -2.51. The van der Waals surface area contributed by atoms with Crippen molar-refractivity contribution in [3.05, 3.63) is 23.8 Å². The highest BCUT2D eigenvalue weighted by Gasteiger charge is 2.27. The smallest absolute Gasteiger partial charge is 0.241 e. The standard InChI is InChI=1S/C15H23N3O3/c1-10-3-4-12(16)7-14(10)17-15(20)11(2)18-5-6-21-13(8-18)9-19/h3-4,7,11,13,19H,5-6,8-9,16H2,1-2H3,(H,17,20). The van der Waals surface area contributed by atoms with Crippen molar-refractivity contribution in [2.75, 3.05) is 37.4 Å². The second kappa shape index (κ2) is 6.89. The monoisotopic (exact) mass is 293 g/mol. The number of carbonyl (C=O) groups is 1. The fourth-order valence-electron chi connectivity index (χ4n) is 2.38. The molecular formula is C15H23N3O3. The van der Waals surface area contributed by atoms with E-state index in [1.807, 2.05) is 30.9 Å². The van der Waals surface area contributed by atoms with Gasteiger partial charge in [0.25, 0.3) is 0 Å². The molecule has 4 N–H and O–H groups in total. The number of aliphatic hydroxyl groups excluding tert-OH is 1. The highest BCUT2D eigenvalue weighted by molar-refractivity contribution is 5.95. The third kappa shape index (κ3) is 3.93. The fraction of sp³-hybridized carbons (Fsp3) is 0.533. The third-order valence-electron chi connectivity index (χ3n) is 3.82. The van der Waals surface area contributed by atoms with Crippen molar-refractivity contribution >= 4 is 17.3 Å². The number of hydrogen-bond donors (Lipinski definition) is 3. The van der Waals surface area contributed by atoms with Gasteiger partial charge >= 0.3 is 0 Å². The zero-order valence-electron chi connectivity index (χ0n) is 12.5. The van der Waals surface area contributed by atoms with Gasteiger partial charge in [0.2, 0.25) is 5.91 Å². The Morgan fingerprint density at radius 1 is 1.62 bits per heavy atom. The topological polar surface area (TPSA) is 87.8 Å². The molecule has 2 rings (SSSR count). The molecule has 1 aromatic rings. The van der Waals surface area contributed by atoms with E-state index < -0.39 is 0 Å². The quantitative estimate of drug-likeness (QED) is 0.708. The molecule has 2 atom stereocenters. The van der Waals surface area contributed by atoms with Crippen LogP contribution >= 0.6 is 0 Å². The number of rotatable bonds is 4. The molecule has 116 valence electrons. The van der Waals surface area contributed by atoms with Crippen LogP contribution in [0.3, 0.4) is 0 Å². The van der Waals surface area contributed by atoms with Crippen LogP contribution in [0.5, 0.6) is 0 Å². The van der Waals surface area contributed by atoms with Crippen LogP contribution in [0.4, 0.5) is 11.4 Å². The van der Waals surface area contributed by atoms with E-state index in [2.05, 4.69) is 5.32 Å². The summed E-state index contributed by atoms with van der Waals surface area (Å²) in [7, 11) is 0. The lowest BCUT2D eigenvalue weighted by Gasteiger charge is -2.35. The van der Waals surface area contributed by atoms with Gasteiger partial charge in [0.05, 0.1) is 25.4 Å². The van der Waals surface area contributed by atoms with Crippen LogP contribution in [0, 0.1) is 6.92 Å². The van der Waals surface area contributed by atoms with Gasteiger partial charge in [-0.25, -0.2) is 0 Å². The SMILES string of the molecule is Cc1ccc(N)cc1NC(=O)C(C)N1CCOC(CO)C1. The number of amides is 1. The number of anilines is 2. The number of nitrogens with two attached hydrogens (primary N) is 1. The second-order valence-electron chi connectivity index (χ2n) is 5.41. The summed E-state index contributed by atoms with van der Waals surface area (Å²) in [6.07, 6.45) is -0.219. The molecule has 1 fully saturated rings. The summed E-state index contributed by atoms with van der Waals surface area (Å²) in [5, 5.41) is 12.1. The molecule has 1 aromatic carbocycles. The number of carbonyl (C=O) groups excluding carboxylic acids is 1. The Labute approximate surface area is 124 Å². The minimum Gasteiger partial charge on any atom is -0.399 e. The normalized spacial score (nSPS) is 21.0. The number of ether oxygens (including phenoxy) is 1. The summed E-state index contributed by atoms with van der Waals surface area (Å²) in [6, 6.07) is 5.16. The molecule has 6 heteroatoms. The molecule has 0 radical (unpaired) electrons. The van der Waals surface area contributed by atoms with Crippen molar-refractivity contribution in [2.45, 2.75) is 26.0 Å². The van der Waals surface area contributed by atoms with Crippen molar-refractivity contribution in [1.29, 1.82) is 0 Å². The van der Waals surface area contributed by atoms with E-state index in [-0.39, 0.29) is 24.7 Å². The van der Waals surface area contributed by atoms with E-state index in [9.17, 15) is 4.79 Å². The van der Waals surface area contributed by atoms with Crippen LogP contribution in [0.25, 0.3) is 0 Å². The molecule has 2 unspecified atom stereocenters. The average molecular weight is 293 g/mol. The molecule has 1 amide bonds. The Morgan fingerprint density at radius 3 is 3.10 bits per heavy atom. The largest absolute Gasteiger partial charge is 0.399 e. The summed E-state index contributed by atoms with van der Waals surface area (Å²) in [5.74, 6) is -0.0812. The van der Waals surface area contributed by atoms with E-state index in [1.165, 1.54) is 0 Å². The molecule has 0 spiro atoms. The van der Waals surface area contributed by atoms with Crippen LogP contribution < -0.4 is 11.1 Å². The predicted octanol–water partition coefficient (Wildman–Crippen LogP) is 0.597. The Kier molecular flexibility index (Phi) is 5.17. The fourth-order valence-corrected chi connectivity index (χ4v) is 2.38. The van der Waals surface area contributed by atoms with Crippen LogP contribution in [0.15, 0.2) is 18.2 Å². The molecule has 0 bridgehead atoms. The first kappa shape index (κ1) is 15.8. The summed E-state index contributed by atoms with van der Waals surface area (Å²) < 4.78 is 5.40. The van der Waals surface area contributed by atoms with E-state index >= 15 is 0 Å². The number of morpholine rings is 1. The zero-order valence-corrected chi connectivity index (χ0v) is 12.5. The van der Waals surface area contributed by atoms with Gasteiger partial charge in [0, 0.05) is 24.5 Å². The highest BCUT2D eigenvalue weighted by Crippen LogP contribution is 2.19. The first-order chi connectivity index (χ1) is 10.0. The number of nitrogens with one attached hydrogen (secondary N) is 1. The molecule has 0 aliphatic carbocycles. The average Bonchev–Trinajstić information content (AvgIpc) is 2.50. The number of aliphatic hydroxyl groups is 1. The molecular weight excluding hydrogens is 270 g/mol. The van der Waals surface area contributed by atoms with E-state index in [4.69, 9.17) is 15.6 Å². The van der Waals surface area contributed by atoms with E-state index in [1.54, 1.807) is 6.07 Å². The van der Waals surface area contributed by atoms with Crippen molar-refractivity contribution in [2.24, 2.45) is 0 Å². The Hall–Kier alpha value is -1.63. The summed E-state index contributed by atoms with van der Waals surface area (Å²) in [4.78, 5) is 14.4. The van der Waals surface area contributed by atoms with Gasteiger partial charge in [0.1, 0.15) is 0 Å². The highest BCUT2D eigenvalue weighted by atomic mass is 16.5. The number of nitrogens with zero attached hydrogens (tertiary/aromatic N) is 1. The van der Waals surface area contributed by atoms with Crippen molar-refractivity contribution in [1.82, 2.24) is 4.90 Å². The third-order valence-corrected chi connectivity index (χ3v) is 3.82. The lowest BCUT2D eigenvalue weighted by atomic mass is 10.1. The predicted molar refractivity (Wildman–Crippen MR) is 82.1 cm³/mol. The molecule has 1 aliphatic heterocycles. The number of nitrogen functional groups attached to an aromatic ring is 1. The number of hydrogen-bond acceptors (Lipinski definition) is 5. The van der Waals surface area contributed by atoms with Crippen LogP contribution in [0.2, 0.25) is 0 Å². The van der Waals surface area contributed by atoms with Gasteiger partial charge in [0.15, 0.2) is 0 Å². The molecule has 1 heterocycles. The van der Waals surface area contributed by atoms with Gasteiger partial charge in [-0.1, -0.05) is 6.07 Å². The van der Waals surface area contributed by atoms with Crippen LogP contribution in [-0.2, 0) is 9.53 Å². The first-order valence-electron chi connectivity index (χ1n) is 7.14. The number of aryl methyl sites for hydroxylation is 1. The maximum atomic E-state index is 12.4. The van der Waals surface area contributed by atoms with Gasteiger partial charge in [-0.15, -0.1) is 0 Å². The molecule has 1 saturated heterocycles. The maximum Gasteiger partial charge on any atom is 0.241 e.